The third-order valence-electron chi connectivity index (χ3n) is 5.53. The fraction of sp³-hybridized carbons (Fsp3) is 0.423. The lowest BCUT2D eigenvalue weighted by atomic mass is 9.85. The molecule has 1 aromatic carbocycles. The number of carboxylic acids is 1. The van der Waals surface area contributed by atoms with E-state index in [1.54, 1.807) is 0 Å². The summed E-state index contributed by atoms with van der Waals surface area (Å²) in [4.78, 5) is 15.1. The van der Waals surface area contributed by atoms with Crippen molar-refractivity contribution in [3.8, 4) is 0 Å². The van der Waals surface area contributed by atoms with Crippen LogP contribution in [0.5, 0.6) is 0 Å². The van der Waals surface area contributed by atoms with Crippen molar-refractivity contribution in [1.29, 1.82) is 0 Å². The Kier molecular flexibility index (Phi) is 7.49. The highest BCUT2D eigenvalue weighted by atomic mass is 16.4. The molecule has 162 valence electrons. The molecule has 0 aliphatic carbocycles. The molecule has 1 atom stereocenters. The summed E-state index contributed by atoms with van der Waals surface area (Å²) in [7, 11) is 0. The van der Waals surface area contributed by atoms with Crippen molar-refractivity contribution in [3.63, 3.8) is 0 Å². The molecule has 0 aliphatic rings. The van der Waals surface area contributed by atoms with Crippen molar-refractivity contribution in [2.75, 3.05) is 0 Å². The van der Waals surface area contributed by atoms with E-state index in [0.29, 0.717) is 0 Å². The first-order chi connectivity index (χ1) is 14.0. The van der Waals surface area contributed by atoms with Crippen LogP contribution in [-0.4, -0.2) is 22.1 Å². The summed E-state index contributed by atoms with van der Waals surface area (Å²) in [6, 6.07) is 3.48. The van der Waals surface area contributed by atoms with Crippen LogP contribution in [-0.2, 0) is 29.5 Å². The van der Waals surface area contributed by atoms with Crippen molar-refractivity contribution in [2.45, 2.75) is 72.3 Å². The van der Waals surface area contributed by atoms with Crippen LogP contribution in [0, 0.1) is 0 Å². The maximum absolute atomic E-state index is 11.5. The topological polar surface area (TPSA) is 79.1 Å². The van der Waals surface area contributed by atoms with Gasteiger partial charge in [-0.25, -0.2) is 0 Å². The number of allylic oxidation sites excluding steroid dienone is 5. The predicted molar refractivity (Wildman–Crippen MR) is 127 cm³/mol. The zero-order valence-corrected chi connectivity index (χ0v) is 19.2. The van der Waals surface area contributed by atoms with E-state index in [1.807, 2.05) is 6.08 Å². The molecule has 2 rings (SSSR count). The van der Waals surface area contributed by atoms with Crippen LogP contribution >= 0.6 is 0 Å². The molecule has 30 heavy (non-hydrogen) atoms. The molecule has 4 heteroatoms. The molecule has 0 unspecified atom stereocenters. The van der Waals surface area contributed by atoms with Gasteiger partial charge in [0.15, 0.2) is 0 Å². The Morgan fingerprint density at radius 1 is 1.17 bits per heavy atom. The predicted octanol–water partition coefficient (Wildman–Crippen LogP) is 5.60. The monoisotopic (exact) mass is 408 g/mol. The van der Waals surface area contributed by atoms with Gasteiger partial charge in [-0.2, -0.15) is 0 Å². The van der Waals surface area contributed by atoms with E-state index in [2.05, 4.69) is 77.4 Å². The van der Waals surface area contributed by atoms with Gasteiger partial charge >= 0.3 is 5.97 Å². The van der Waals surface area contributed by atoms with Crippen LogP contribution < -0.4 is 5.73 Å². The number of aromatic amines is 1. The highest BCUT2D eigenvalue weighted by Gasteiger charge is 2.27. The fourth-order valence-electron chi connectivity index (χ4n) is 3.58. The van der Waals surface area contributed by atoms with Crippen molar-refractivity contribution in [3.05, 3.63) is 70.5 Å². The van der Waals surface area contributed by atoms with E-state index in [1.165, 1.54) is 22.3 Å². The van der Waals surface area contributed by atoms with E-state index in [4.69, 9.17) is 5.73 Å². The number of benzene rings is 1. The molecule has 0 saturated heterocycles. The number of H-pyrrole nitrogens is 1. The Morgan fingerprint density at radius 3 is 2.30 bits per heavy atom. The molecule has 4 nitrogen and oxygen atoms in total. The molecule has 0 amide bonds. The minimum Gasteiger partial charge on any atom is -0.480 e. The lowest BCUT2D eigenvalue weighted by Gasteiger charge is -2.21. The molecule has 0 saturated carbocycles. The summed E-state index contributed by atoms with van der Waals surface area (Å²) in [5.74, 6) is -0.989. The lowest BCUT2D eigenvalue weighted by Crippen LogP contribution is -2.33. The Balaban J connectivity index is 2.81. The standard InChI is InChI=1S/C26H36N2O2/c1-8-26(6,7)24-21(15-22(27)25(29)30)20-14-18(11-9-16(2)3)13-19(23(20)28-24)12-10-17(4)5/h8-10,13-14,22,28H,1,11-12,15,27H2,2-7H3,(H,29,30)/t22-/m0/s1. The molecular weight excluding hydrogens is 372 g/mol. The van der Waals surface area contributed by atoms with Gasteiger partial charge in [0.2, 0.25) is 0 Å². The molecule has 2 aromatic rings. The number of carbonyl (C=O) groups is 1. The van der Waals surface area contributed by atoms with Gasteiger partial charge in [-0.3, -0.25) is 4.79 Å². The third-order valence-corrected chi connectivity index (χ3v) is 5.53. The Labute approximate surface area is 180 Å². The van der Waals surface area contributed by atoms with Crippen molar-refractivity contribution < 1.29 is 9.90 Å². The average molecular weight is 409 g/mol. The Bertz CT molecular complexity index is 998. The normalized spacial score (nSPS) is 12.5. The van der Waals surface area contributed by atoms with Crippen LogP contribution in [0.4, 0.5) is 0 Å². The molecule has 0 fully saturated rings. The quantitative estimate of drug-likeness (QED) is 0.472. The van der Waals surface area contributed by atoms with E-state index in [9.17, 15) is 9.90 Å². The highest BCUT2D eigenvalue weighted by Crippen LogP contribution is 2.35. The van der Waals surface area contributed by atoms with E-state index < -0.39 is 12.0 Å². The van der Waals surface area contributed by atoms with Crippen molar-refractivity contribution in [2.24, 2.45) is 5.73 Å². The van der Waals surface area contributed by atoms with E-state index >= 15 is 0 Å². The van der Waals surface area contributed by atoms with Gasteiger partial charge in [0.05, 0.1) is 0 Å². The van der Waals surface area contributed by atoms with Gasteiger partial charge in [0.1, 0.15) is 6.04 Å². The summed E-state index contributed by atoms with van der Waals surface area (Å²) >= 11 is 0. The number of hydrogen-bond donors (Lipinski definition) is 3. The summed E-state index contributed by atoms with van der Waals surface area (Å²) in [6.45, 7) is 16.6. The maximum atomic E-state index is 11.5. The zero-order valence-electron chi connectivity index (χ0n) is 19.2. The molecule has 0 radical (unpaired) electrons. The number of aromatic nitrogens is 1. The number of carboxylic acid groups (broad SMARTS) is 1. The largest absolute Gasteiger partial charge is 0.480 e. The molecule has 1 heterocycles. The Hall–Kier alpha value is -2.59. The highest BCUT2D eigenvalue weighted by molar-refractivity contribution is 5.90. The SMILES string of the molecule is C=CC(C)(C)c1[nH]c2c(CC=C(C)C)cc(CC=C(C)C)cc2c1C[C@H](N)C(=O)O. The second-order valence-corrected chi connectivity index (χ2v) is 9.20. The van der Waals surface area contributed by atoms with Crippen LogP contribution in [0.2, 0.25) is 0 Å². The molecule has 0 spiro atoms. The lowest BCUT2D eigenvalue weighted by molar-refractivity contribution is -0.138. The molecule has 1 aromatic heterocycles. The smallest absolute Gasteiger partial charge is 0.320 e. The summed E-state index contributed by atoms with van der Waals surface area (Å²) in [5.41, 5.74) is 13.6. The maximum Gasteiger partial charge on any atom is 0.320 e. The number of aliphatic carboxylic acids is 1. The first kappa shape index (κ1) is 23.7. The zero-order chi connectivity index (χ0) is 22.6. The van der Waals surface area contributed by atoms with Gasteiger partial charge in [-0.15, -0.1) is 6.58 Å². The van der Waals surface area contributed by atoms with Gasteiger partial charge in [-0.1, -0.05) is 49.3 Å². The van der Waals surface area contributed by atoms with Gasteiger partial charge in [0.25, 0.3) is 0 Å². The van der Waals surface area contributed by atoms with Crippen LogP contribution in [0.3, 0.4) is 0 Å². The second-order valence-electron chi connectivity index (χ2n) is 9.20. The minimum atomic E-state index is -0.989. The fourth-order valence-corrected chi connectivity index (χ4v) is 3.58. The third kappa shape index (κ3) is 5.51. The molecule has 4 N–H and O–H groups in total. The summed E-state index contributed by atoms with van der Waals surface area (Å²) in [5, 5.41) is 10.5. The van der Waals surface area contributed by atoms with E-state index in [-0.39, 0.29) is 11.8 Å². The first-order valence-electron chi connectivity index (χ1n) is 10.5. The van der Waals surface area contributed by atoms with Crippen molar-refractivity contribution >= 4 is 16.9 Å². The summed E-state index contributed by atoms with van der Waals surface area (Å²) in [6.07, 6.45) is 8.27. The molecule has 0 bridgehead atoms. The van der Waals surface area contributed by atoms with Gasteiger partial charge < -0.3 is 15.8 Å². The number of nitrogens with one attached hydrogen (secondary N) is 1. The van der Waals surface area contributed by atoms with Crippen LogP contribution in [0.25, 0.3) is 10.9 Å². The number of fused-ring (bicyclic) bond motifs is 1. The average Bonchev–Trinajstić information content (AvgIpc) is 3.03. The van der Waals surface area contributed by atoms with Crippen LogP contribution in [0.1, 0.15) is 63.9 Å². The minimum absolute atomic E-state index is 0.274. The molecule has 0 aliphatic heterocycles. The van der Waals surface area contributed by atoms with Crippen LogP contribution in [0.15, 0.2) is 48.1 Å². The second kappa shape index (κ2) is 9.48. The number of hydrogen-bond acceptors (Lipinski definition) is 2. The first-order valence-corrected chi connectivity index (χ1v) is 10.5. The van der Waals surface area contributed by atoms with E-state index in [0.717, 1.165) is 35.0 Å². The number of nitrogens with two attached hydrogens (primary N) is 1. The summed E-state index contributed by atoms with van der Waals surface area (Å²) < 4.78 is 0. The number of rotatable bonds is 9. The van der Waals surface area contributed by atoms with Gasteiger partial charge in [0, 0.05) is 28.4 Å². The molecular formula is C26H36N2O2. The van der Waals surface area contributed by atoms with Crippen molar-refractivity contribution in [1.82, 2.24) is 4.98 Å². The Morgan fingerprint density at radius 2 is 1.77 bits per heavy atom. The van der Waals surface area contributed by atoms with Gasteiger partial charge in [-0.05, 0) is 63.3 Å².